The molecule has 20 heavy (non-hydrogen) atoms. The van der Waals surface area contributed by atoms with Gasteiger partial charge in [-0.1, -0.05) is 40.5 Å². The van der Waals surface area contributed by atoms with Crippen LogP contribution in [0.2, 0.25) is 0 Å². The normalized spacial score (nSPS) is 13.5. The molecule has 0 aromatic carbocycles. The monoisotopic (exact) mass is 290 g/mol. The smallest absolute Gasteiger partial charge is 0.0584 e. The number of hydrogen-bond donors (Lipinski definition) is 4. The average molecular weight is 290 g/mol. The summed E-state index contributed by atoms with van der Waals surface area (Å²) >= 11 is 0. The molecule has 0 aliphatic carbocycles. The van der Waals surface area contributed by atoms with Gasteiger partial charge in [-0.15, -0.1) is 0 Å². The predicted octanol–water partition coefficient (Wildman–Crippen LogP) is 2.29. The van der Waals surface area contributed by atoms with Gasteiger partial charge in [0.25, 0.3) is 0 Å². The minimum Gasteiger partial charge on any atom is -0.395 e. The molecule has 0 rings (SSSR count). The van der Waals surface area contributed by atoms with E-state index in [9.17, 15) is 0 Å². The van der Waals surface area contributed by atoms with Crippen LogP contribution in [0.25, 0.3) is 0 Å². The minimum absolute atomic E-state index is 0.272. The zero-order valence-electron chi connectivity index (χ0n) is 14.1. The van der Waals surface area contributed by atoms with E-state index in [1.807, 2.05) is 0 Å². The molecule has 0 aliphatic heterocycles. The Morgan fingerprint density at radius 3 is 1.20 bits per heavy atom. The van der Waals surface area contributed by atoms with Crippen molar-refractivity contribution in [1.82, 2.24) is 10.6 Å². The number of hydrogen-bond acceptors (Lipinski definition) is 4. The molecule has 0 heterocycles. The van der Waals surface area contributed by atoms with Crippen LogP contribution in [0.5, 0.6) is 0 Å². The van der Waals surface area contributed by atoms with Crippen LogP contribution in [0.15, 0.2) is 0 Å². The quantitative estimate of drug-likeness (QED) is 0.445. The first-order chi connectivity index (χ1) is 9.69. The Labute approximate surface area is 126 Å². The Bertz CT molecular complexity index is 151. The highest BCUT2D eigenvalue weighted by Gasteiger charge is 2.02. The van der Waals surface area contributed by atoms with Crippen LogP contribution in [-0.2, 0) is 0 Å². The highest BCUT2D eigenvalue weighted by atomic mass is 16.3. The van der Waals surface area contributed by atoms with E-state index in [4.69, 9.17) is 10.2 Å². The first-order valence-corrected chi connectivity index (χ1v) is 8.38. The fraction of sp³-hybridized carbons (Fsp3) is 1.00. The topological polar surface area (TPSA) is 64.5 Å². The second-order valence-corrected chi connectivity index (χ2v) is 5.24. The van der Waals surface area contributed by atoms with Gasteiger partial charge in [0.05, 0.1) is 13.2 Å². The van der Waals surface area contributed by atoms with Crippen molar-refractivity contribution in [1.29, 1.82) is 0 Å². The predicted molar refractivity (Wildman–Crippen MR) is 88.2 cm³/mol. The van der Waals surface area contributed by atoms with Crippen LogP contribution >= 0.6 is 0 Å². The molecular weight excluding hydrogens is 252 g/mol. The summed E-state index contributed by atoms with van der Waals surface area (Å²) in [5.41, 5.74) is 0. The summed E-state index contributed by atoms with van der Waals surface area (Å²) in [4.78, 5) is 0. The van der Waals surface area contributed by atoms with E-state index >= 15 is 0 Å². The van der Waals surface area contributed by atoms with E-state index in [-0.39, 0.29) is 13.2 Å². The second kappa shape index (κ2) is 18.8. The highest BCUT2D eigenvalue weighted by molar-refractivity contribution is 4.63. The van der Waals surface area contributed by atoms with Crippen LogP contribution in [0.1, 0.15) is 66.2 Å². The van der Waals surface area contributed by atoms with Gasteiger partial charge >= 0.3 is 0 Å². The van der Waals surface area contributed by atoms with Gasteiger partial charge in [0, 0.05) is 12.1 Å². The maximum absolute atomic E-state index is 8.82. The molecule has 0 bridgehead atoms. The van der Waals surface area contributed by atoms with Crippen molar-refractivity contribution in [3.63, 3.8) is 0 Å². The van der Waals surface area contributed by atoms with Gasteiger partial charge in [-0.05, 0) is 38.8 Å². The van der Waals surface area contributed by atoms with Crippen molar-refractivity contribution >= 4 is 0 Å². The second-order valence-electron chi connectivity index (χ2n) is 5.24. The van der Waals surface area contributed by atoms with Crippen LogP contribution in [0.3, 0.4) is 0 Å². The van der Waals surface area contributed by atoms with Crippen LogP contribution < -0.4 is 10.6 Å². The lowest BCUT2D eigenvalue weighted by molar-refractivity contribution is 0.235. The van der Waals surface area contributed by atoms with Gasteiger partial charge in [-0.2, -0.15) is 0 Å². The van der Waals surface area contributed by atoms with E-state index in [1.165, 1.54) is 0 Å². The van der Waals surface area contributed by atoms with Gasteiger partial charge in [0.15, 0.2) is 0 Å². The molecule has 4 N–H and O–H groups in total. The summed E-state index contributed by atoms with van der Waals surface area (Å²) in [6.07, 6.45) is 6.72. The van der Waals surface area contributed by atoms with E-state index in [0.717, 1.165) is 51.6 Å². The van der Waals surface area contributed by atoms with E-state index < -0.39 is 0 Å². The van der Waals surface area contributed by atoms with Gasteiger partial charge in [0.2, 0.25) is 0 Å². The lowest BCUT2D eigenvalue weighted by Crippen LogP contribution is -2.32. The summed E-state index contributed by atoms with van der Waals surface area (Å²) in [6, 6.07) is 0.648. The summed E-state index contributed by atoms with van der Waals surface area (Å²) in [5, 5.41) is 24.2. The standard InChI is InChI=1S/2C8H19NO/c2*1-3-5-8(7-10)9-6-4-2/h2*8-10H,3-7H2,1-2H3/t2*8-/m00/s1. The van der Waals surface area contributed by atoms with Gasteiger partial charge in [-0.3, -0.25) is 0 Å². The molecule has 0 amide bonds. The van der Waals surface area contributed by atoms with Crippen LogP contribution in [0.4, 0.5) is 0 Å². The molecular formula is C16H38N2O2. The number of rotatable bonds is 12. The molecule has 124 valence electrons. The van der Waals surface area contributed by atoms with E-state index in [0.29, 0.717) is 12.1 Å². The molecule has 4 heteroatoms. The lowest BCUT2D eigenvalue weighted by Gasteiger charge is -2.13. The van der Waals surface area contributed by atoms with Crippen molar-refractivity contribution in [2.24, 2.45) is 0 Å². The Balaban J connectivity index is 0. The molecule has 0 spiro atoms. The summed E-state index contributed by atoms with van der Waals surface area (Å²) in [6.45, 7) is 11.1. The average Bonchev–Trinajstić information content (AvgIpc) is 2.48. The molecule has 0 saturated carbocycles. The van der Waals surface area contributed by atoms with Crippen LogP contribution in [-0.4, -0.2) is 48.6 Å². The highest BCUT2D eigenvalue weighted by Crippen LogP contribution is 1.95. The Kier molecular flexibility index (Phi) is 20.8. The van der Waals surface area contributed by atoms with Gasteiger partial charge in [-0.25, -0.2) is 0 Å². The minimum atomic E-state index is 0.272. The van der Waals surface area contributed by atoms with Crippen molar-refractivity contribution in [2.45, 2.75) is 78.3 Å². The molecule has 0 saturated heterocycles. The molecule has 2 atom stereocenters. The summed E-state index contributed by atoms with van der Waals surface area (Å²) < 4.78 is 0. The van der Waals surface area contributed by atoms with E-state index in [1.54, 1.807) is 0 Å². The summed E-state index contributed by atoms with van der Waals surface area (Å²) in [7, 11) is 0. The molecule has 0 aliphatic rings. The third-order valence-corrected chi connectivity index (χ3v) is 3.08. The Morgan fingerprint density at radius 1 is 0.650 bits per heavy atom. The third kappa shape index (κ3) is 15.9. The fourth-order valence-corrected chi connectivity index (χ4v) is 1.91. The van der Waals surface area contributed by atoms with Crippen molar-refractivity contribution in [3.05, 3.63) is 0 Å². The maximum Gasteiger partial charge on any atom is 0.0584 e. The largest absolute Gasteiger partial charge is 0.395 e. The third-order valence-electron chi connectivity index (χ3n) is 3.08. The molecule has 4 nitrogen and oxygen atoms in total. The number of nitrogens with one attached hydrogen (secondary N) is 2. The molecule has 0 radical (unpaired) electrons. The zero-order chi connectivity index (χ0) is 15.6. The number of aliphatic hydroxyl groups excluding tert-OH is 2. The Morgan fingerprint density at radius 2 is 1.00 bits per heavy atom. The first-order valence-electron chi connectivity index (χ1n) is 8.38. The number of aliphatic hydroxyl groups is 2. The first kappa shape index (κ1) is 22.1. The molecule has 0 aromatic heterocycles. The molecule has 0 fully saturated rings. The lowest BCUT2D eigenvalue weighted by atomic mass is 10.2. The van der Waals surface area contributed by atoms with Crippen molar-refractivity contribution in [3.8, 4) is 0 Å². The van der Waals surface area contributed by atoms with Crippen molar-refractivity contribution < 1.29 is 10.2 Å². The Hall–Kier alpha value is -0.160. The molecule has 0 unspecified atom stereocenters. The van der Waals surface area contributed by atoms with Gasteiger partial charge in [0.1, 0.15) is 0 Å². The molecule has 0 aromatic rings. The van der Waals surface area contributed by atoms with E-state index in [2.05, 4.69) is 38.3 Å². The summed E-state index contributed by atoms with van der Waals surface area (Å²) in [5.74, 6) is 0. The fourth-order valence-electron chi connectivity index (χ4n) is 1.91. The van der Waals surface area contributed by atoms with Gasteiger partial charge < -0.3 is 20.8 Å². The van der Waals surface area contributed by atoms with Crippen molar-refractivity contribution in [2.75, 3.05) is 26.3 Å². The SMILES string of the molecule is CCCN[C@H](CO)CCC.CCCN[C@H](CO)CCC. The zero-order valence-corrected chi connectivity index (χ0v) is 14.1. The maximum atomic E-state index is 8.82. The van der Waals surface area contributed by atoms with Crippen LogP contribution in [0, 0.1) is 0 Å².